The summed E-state index contributed by atoms with van der Waals surface area (Å²) in [4.78, 5) is 34.5. The summed E-state index contributed by atoms with van der Waals surface area (Å²) in [5.41, 5.74) is 0.409. The van der Waals surface area contributed by atoms with Crippen LogP contribution in [0.25, 0.3) is 26.8 Å². The normalized spacial score (nSPS) is 16.5. The molecule has 0 aliphatic carbocycles. The molecule has 2 radical (unpaired) electrons. The van der Waals surface area contributed by atoms with E-state index in [1.807, 2.05) is 18.2 Å². The van der Waals surface area contributed by atoms with Crippen molar-refractivity contribution < 1.29 is 19.4 Å². The molecular formula is C24H25BN6O4S. The molecule has 36 heavy (non-hydrogen) atoms. The zero-order valence-corrected chi connectivity index (χ0v) is 21.5. The number of benzene rings is 1. The molecule has 184 valence electrons. The van der Waals surface area contributed by atoms with Crippen LogP contribution in [0.3, 0.4) is 0 Å². The van der Waals surface area contributed by atoms with Gasteiger partial charge in [-0.2, -0.15) is 0 Å². The maximum absolute atomic E-state index is 13.4. The molecule has 3 aromatic heterocycles. The minimum atomic E-state index is -0.718. The highest BCUT2D eigenvalue weighted by molar-refractivity contribution is 7.21. The maximum atomic E-state index is 13.4. The van der Waals surface area contributed by atoms with Gasteiger partial charge in [0.25, 0.3) is 5.91 Å². The second-order valence-corrected chi connectivity index (χ2v) is 10.8. The number of fused-ring (bicyclic) bond motifs is 5. The van der Waals surface area contributed by atoms with Gasteiger partial charge in [0.05, 0.1) is 11.2 Å². The van der Waals surface area contributed by atoms with Crippen LogP contribution in [0.2, 0.25) is 0 Å². The van der Waals surface area contributed by atoms with E-state index in [4.69, 9.17) is 17.7 Å². The number of nitrogens with zero attached hydrogens (tertiary/aromatic N) is 6. The van der Waals surface area contributed by atoms with Crippen molar-refractivity contribution in [1.29, 1.82) is 0 Å². The van der Waals surface area contributed by atoms with E-state index in [2.05, 4.69) is 10.2 Å². The van der Waals surface area contributed by atoms with Gasteiger partial charge >= 0.3 is 6.09 Å². The SMILES string of the molecule is [B]N1C(=O)c2sc3ccc4nc(-n5c(C)nnc5CO)ccc4c3c2N(C(=O)OC(C)(C)C)C[C@H]1C. The minimum Gasteiger partial charge on any atom is -0.443 e. The van der Waals surface area contributed by atoms with Crippen LogP contribution in [0.15, 0.2) is 24.3 Å². The van der Waals surface area contributed by atoms with Gasteiger partial charge in [-0.15, -0.1) is 21.5 Å². The molecule has 0 saturated carbocycles. The van der Waals surface area contributed by atoms with Crippen molar-refractivity contribution in [3.63, 3.8) is 0 Å². The van der Waals surface area contributed by atoms with Gasteiger partial charge in [0.1, 0.15) is 28.7 Å². The van der Waals surface area contributed by atoms with E-state index in [0.717, 1.165) is 15.5 Å². The predicted octanol–water partition coefficient (Wildman–Crippen LogP) is 3.50. The van der Waals surface area contributed by atoms with Gasteiger partial charge in [-0.05, 0) is 58.9 Å². The Morgan fingerprint density at radius 3 is 2.69 bits per heavy atom. The Hall–Kier alpha value is -3.51. The molecule has 12 heteroatoms. The molecule has 0 unspecified atom stereocenters. The Bertz CT molecular complexity index is 1520. The van der Waals surface area contributed by atoms with Crippen LogP contribution in [0.4, 0.5) is 10.5 Å². The molecule has 4 aromatic rings. The summed E-state index contributed by atoms with van der Waals surface area (Å²) in [6.45, 7) is 8.87. The molecule has 4 heterocycles. The van der Waals surface area contributed by atoms with Gasteiger partial charge in [0.15, 0.2) is 5.82 Å². The Balaban J connectivity index is 1.75. The molecule has 1 aliphatic heterocycles. The van der Waals surface area contributed by atoms with Crippen molar-refractivity contribution in [1.82, 2.24) is 24.6 Å². The standard InChI is InChI=1S/C24H25BN6O4S/c1-12-10-29(23(34)35-24(3,4)5)20-19-14-6-9-17(30-13(2)27-28-18(30)11-32)26-15(14)7-8-16(19)36-21(20)22(33)31(12)25/h6-9,12,32H,10-11H2,1-5H3/t12-/m1/s1. The second-order valence-electron chi connectivity index (χ2n) is 9.76. The summed E-state index contributed by atoms with van der Waals surface area (Å²) in [6.07, 6.45) is -0.548. The number of carbonyl (C=O) groups excluding carboxylic acids is 2. The zero-order valence-electron chi connectivity index (χ0n) is 20.6. The highest BCUT2D eigenvalue weighted by Crippen LogP contribution is 2.44. The number of pyridine rings is 1. The topological polar surface area (TPSA) is 114 Å². The third-order valence-corrected chi connectivity index (χ3v) is 7.11. The van der Waals surface area contributed by atoms with E-state index >= 15 is 0 Å². The number of carbonyl (C=O) groups is 2. The molecule has 2 amide bonds. The molecular weight excluding hydrogens is 479 g/mol. The number of amides is 2. The smallest absolute Gasteiger partial charge is 0.414 e. The Kier molecular flexibility index (Phi) is 5.75. The molecule has 10 nitrogen and oxygen atoms in total. The first-order chi connectivity index (χ1) is 17.0. The number of hydrogen-bond donors (Lipinski definition) is 1. The lowest BCUT2D eigenvalue weighted by molar-refractivity contribution is 0.0573. The number of aryl methyl sites for hydroxylation is 1. The lowest BCUT2D eigenvalue weighted by Gasteiger charge is -2.29. The van der Waals surface area contributed by atoms with Crippen molar-refractivity contribution >= 4 is 58.0 Å². The summed E-state index contributed by atoms with van der Waals surface area (Å²) in [7, 11) is 6.14. The molecule has 1 atom stereocenters. The number of rotatable bonds is 2. The Morgan fingerprint density at radius 2 is 2.00 bits per heavy atom. The fraction of sp³-hybridized carbons (Fsp3) is 0.375. The van der Waals surface area contributed by atoms with Crippen LogP contribution in [-0.2, 0) is 11.3 Å². The largest absolute Gasteiger partial charge is 0.443 e. The number of aliphatic hydroxyl groups is 1. The average Bonchev–Trinajstić information content (AvgIpc) is 3.37. The van der Waals surface area contributed by atoms with Crippen molar-refractivity contribution in [2.75, 3.05) is 11.4 Å². The van der Waals surface area contributed by atoms with E-state index in [-0.39, 0.29) is 19.1 Å². The lowest BCUT2D eigenvalue weighted by atomic mass is 10.1. The summed E-state index contributed by atoms with van der Waals surface area (Å²) < 4.78 is 8.22. The molecule has 0 saturated heterocycles. The number of anilines is 1. The monoisotopic (exact) mass is 504 g/mol. The van der Waals surface area contributed by atoms with E-state index in [9.17, 15) is 14.7 Å². The van der Waals surface area contributed by atoms with Crippen LogP contribution in [0.1, 0.15) is 49.0 Å². The molecule has 0 spiro atoms. The van der Waals surface area contributed by atoms with Crippen LogP contribution in [-0.4, -0.2) is 67.8 Å². The fourth-order valence-corrected chi connectivity index (χ4v) is 5.52. The maximum Gasteiger partial charge on any atom is 0.414 e. The lowest BCUT2D eigenvalue weighted by Crippen LogP contribution is -2.44. The summed E-state index contributed by atoms with van der Waals surface area (Å²) in [5, 5.41) is 19.2. The van der Waals surface area contributed by atoms with E-state index in [0.29, 0.717) is 33.5 Å². The number of thiophene rings is 1. The van der Waals surface area contributed by atoms with Gasteiger partial charge in [0.2, 0.25) is 7.98 Å². The van der Waals surface area contributed by atoms with Crippen LogP contribution in [0.5, 0.6) is 0 Å². The predicted molar refractivity (Wildman–Crippen MR) is 138 cm³/mol. The van der Waals surface area contributed by atoms with Crippen LogP contribution in [0, 0.1) is 6.92 Å². The van der Waals surface area contributed by atoms with E-state index < -0.39 is 17.7 Å². The number of aliphatic hydroxyl groups excluding tert-OH is 1. The molecule has 1 aromatic carbocycles. The quantitative estimate of drug-likeness (QED) is 0.416. The highest BCUT2D eigenvalue weighted by Gasteiger charge is 2.37. The molecule has 0 fully saturated rings. The first kappa shape index (κ1) is 24.2. The van der Waals surface area contributed by atoms with Crippen molar-refractivity contribution in [2.24, 2.45) is 0 Å². The Morgan fingerprint density at radius 1 is 1.25 bits per heavy atom. The molecule has 1 N–H and O–H groups in total. The minimum absolute atomic E-state index is 0.178. The van der Waals surface area contributed by atoms with Gasteiger partial charge < -0.3 is 14.7 Å². The van der Waals surface area contributed by atoms with Crippen LogP contribution < -0.4 is 4.90 Å². The van der Waals surface area contributed by atoms with E-state index in [1.54, 1.807) is 45.3 Å². The van der Waals surface area contributed by atoms with Gasteiger partial charge in [-0.1, -0.05) is 0 Å². The van der Waals surface area contributed by atoms with Crippen molar-refractivity contribution in [3.8, 4) is 5.82 Å². The summed E-state index contributed by atoms with van der Waals surface area (Å²) in [6, 6.07) is 7.01. The molecule has 0 bridgehead atoms. The molecule has 5 rings (SSSR count). The average molecular weight is 504 g/mol. The number of aromatic nitrogens is 4. The first-order valence-corrected chi connectivity index (χ1v) is 12.3. The number of hydrogen-bond acceptors (Lipinski definition) is 8. The second kappa shape index (κ2) is 8.56. The number of ether oxygens (including phenoxy) is 1. The van der Waals surface area contributed by atoms with Gasteiger partial charge in [0, 0.05) is 28.1 Å². The third kappa shape index (κ3) is 3.90. The highest BCUT2D eigenvalue weighted by atomic mass is 32.1. The van der Waals surface area contributed by atoms with E-state index in [1.165, 1.54) is 21.0 Å². The van der Waals surface area contributed by atoms with Crippen LogP contribution >= 0.6 is 11.3 Å². The van der Waals surface area contributed by atoms with Gasteiger partial charge in [-0.3, -0.25) is 14.3 Å². The first-order valence-electron chi connectivity index (χ1n) is 11.5. The van der Waals surface area contributed by atoms with Gasteiger partial charge in [-0.25, -0.2) is 9.78 Å². The summed E-state index contributed by atoms with van der Waals surface area (Å²) >= 11 is 1.28. The van der Waals surface area contributed by atoms with Crippen molar-refractivity contribution in [3.05, 3.63) is 40.8 Å². The molecule has 1 aliphatic rings. The fourth-order valence-electron chi connectivity index (χ4n) is 4.35. The zero-order chi connectivity index (χ0) is 25.9. The Labute approximate surface area is 212 Å². The third-order valence-electron chi connectivity index (χ3n) is 5.98. The van der Waals surface area contributed by atoms with Crippen molar-refractivity contribution in [2.45, 2.75) is 52.9 Å². The summed E-state index contributed by atoms with van der Waals surface area (Å²) in [5.74, 6) is 1.17.